The molecule has 1 aliphatic rings. The maximum Gasteiger partial charge on any atom is 0.191 e. The largest absolute Gasteiger partial charge is 0.379 e. The number of rotatable bonds is 10. The zero-order valence-corrected chi connectivity index (χ0v) is 17.5. The Hall–Kier alpha value is -0.120. The van der Waals surface area contributed by atoms with Crippen LogP contribution in [-0.4, -0.2) is 76.1 Å². The number of likely N-dealkylation sites (N-methyl/N-ethyl adjacent to an activating group) is 1. The van der Waals surface area contributed by atoms with E-state index in [-0.39, 0.29) is 24.0 Å². The summed E-state index contributed by atoms with van der Waals surface area (Å²) < 4.78 is 11.0. The Morgan fingerprint density at radius 3 is 2.65 bits per heavy atom. The highest BCUT2D eigenvalue weighted by atomic mass is 127. The molecule has 0 amide bonds. The quantitative estimate of drug-likeness (QED) is 0.234. The molecule has 138 valence electrons. The van der Waals surface area contributed by atoms with Crippen LogP contribution >= 0.6 is 24.0 Å². The average Bonchev–Trinajstić information content (AvgIpc) is 3.04. The highest BCUT2D eigenvalue weighted by Crippen LogP contribution is 2.07. The summed E-state index contributed by atoms with van der Waals surface area (Å²) in [5.41, 5.74) is 0. The monoisotopic (exact) mass is 442 g/mol. The summed E-state index contributed by atoms with van der Waals surface area (Å²) in [6.07, 6.45) is 2.30. The molecule has 0 spiro atoms. The van der Waals surface area contributed by atoms with Gasteiger partial charge in [-0.05, 0) is 32.9 Å². The number of ether oxygens (including phenoxy) is 2. The lowest BCUT2D eigenvalue weighted by Gasteiger charge is -2.27. The van der Waals surface area contributed by atoms with E-state index >= 15 is 0 Å². The van der Waals surface area contributed by atoms with E-state index in [1.165, 1.54) is 0 Å². The number of hydrogen-bond acceptors (Lipinski definition) is 4. The maximum atomic E-state index is 5.75. The molecule has 0 saturated carbocycles. The topological polar surface area (TPSA) is 58.1 Å². The van der Waals surface area contributed by atoms with Crippen molar-refractivity contribution < 1.29 is 9.47 Å². The lowest BCUT2D eigenvalue weighted by molar-refractivity contribution is 0.0420. The molecule has 2 unspecified atom stereocenters. The van der Waals surface area contributed by atoms with Crippen LogP contribution in [0.25, 0.3) is 0 Å². The van der Waals surface area contributed by atoms with Crippen LogP contribution in [0, 0.1) is 0 Å². The first kappa shape index (κ1) is 22.9. The zero-order chi connectivity index (χ0) is 16.2. The van der Waals surface area contributed by atoms with E-state index in [1.807, 2.05) is 7.05 Å². The first-order chi connectivity index (χ1) is 10.7. The molecule has 7 heteroatoms. The number of aliphatic imine (C=N–C) groups is 1. The van der Waals surface area contributed by atoms with Crippen molar-refractivity contribution in [3.05, 3.63) is 0 Å². The van der Waals surface area contributed by atoms with Crippen LogP contribution in [0.2, 0.25) is 0 Å². The van der Waals surface area contributed by atoms with Gasteiger partial charge in [0.1, 0.15) is 0 Å². The molecule has 1 saturated heterocycles. The molecule has 1 heterocycles. The molecule has 1 fully saturated rings. The number of guanidine groups is 1. The smallest absolute Gasteiger partial charge is 0.191 e. The van der Waals surface area contributed by atoms with Gasteiger partial charge in [0.05, 0.1) is 12.7 Å². The van der Waals surface area contributed by atoms with Gasteiger partial charge >= 0.3 is 0 Å². The van der Waals surface area contributed by atoms with Crippen LogP contribution in [0.1, 0.15) is 33.6 Å². The molecule has 1 rings (SSSR count). The van der Waals surface area contributed by atoms with E-state index < -0.39 is 0 Å². The third-order valence-electron chi connectivity index (χ3n) is 4.08. The Labute approximate surface area is 158 Å². The van der Waals surface area contributed by atoms with Crippen LogP contribution in [0.4, 0.5) is 0 Å². The van der Waals surface area contributed by atoms with Gasteiger partial charge in [-0.25, -0.2) is 0 Å². The highest BCUT2D eigenvalue weighted by molar-refractivity contribution is 14.0. The predicted molar refractivity (Wildman–Crippen MR) is 107 cm³/mol. The highest BCUT2D eigenvalue weighted by Gasteiger charge is 2.15. The Bertz CT molecular complexity index is 308. The van der Waals surface area contributed by atoms with Gasteiger partial charge in [0.25, 0.3) is 0 Å². The van der Waals surface area contributed by atoms with Crippen molar-refractivity contribution >= 4 is 29.9 Å². The lowest BCUT2D eigenvalue weighted by Crippen LogP contribution is -2.46. The van der Waals surface area contributed by atoms with Crippen molar-refractivity contribution in [3.63, 3.8) is 0 Å². The molecule has 0 radical (unpaired) electrons. The van der Waals surface area contributed by atoms with E-state index in [9.17, 15) is 0 Å². The zero-order valence-electron chi connectivity index (χ0n) is 15.1. The molecule has 2 atom stereocenters. The van der Waals surface area contributed by atoms with Crippen LogP contribution in [0.3, 0.4) is 0 Å². The fourth-order valence-corrected chi connectivity index (χ4v) is 2.61. The van der Waals surface area contributed by atoms with E-state index in [2.05, 4.69) is 41.3 Å². The van der Waals surface area contributed by atoms with Crippen molar-refractivity contribution in [1.29, 1.82) is 0 Å². The average molecular weight is 442 g/mol. The minimum Gasteiger partial charge on any atom is -0.379 e. The Morgan fingerprint density at radius 1 is 1.35 bits per heavy atom. The van der Waals surface area contributed by atoms with Crippen LogP contribution in [0.15, 0.2) is 4.99 Å². The summed E-state index contributed by atoms with van der Waals surface area (Å²) >= 11 is 0. The molecule has 0 aromatic heterocycles. The van der Waals surface area contributed by atoms with Crippen molar-refractivity contribution in [2.75, 3.05) is 53.0 Å². The normalized spacial score (nSPS) is 19.5. The summed E-state index contributed by atoms with van der Waals surface area (Å²) in [5, 5.41) is 6.72. The van der Waals surface area contributed by atoms with Crippen LogP contribution in [0.5, 0.6) is 0 Å². The van der Waals surface area contributed by atoms with E-state index in [4.69, 9.17) is 9.47 Å². The molecule has 0 aromatic rings. The first-order valence-electron chi connectivity index (χ1n) is 8.59. The third kappa shape index (κ3) is 9.69. The van der Waals surface area contributed by atoms with Crippen molar-refractivity contribution in [1.82, 2.24) is 15.5 Å². The second kappa shape index (κ2) is 14.2. The van der Waals surface area contributed by atoms with Crippen molar-refractivity contribution in [3.8, 4) is 0 Å². The summed E-state index contributed by atoms with van der Waals surface area (Å²) in [5.74, 6) is 0.864. The third-order valence-corrected chi connectivity index (χ3v) is 4.08. The summed E-state index contributed by atoms with van der Waals surface area (Å²) in [6.45, 7) is 12.9. The van der Waals surface area contributed by atoms with Crippen molar-refractivity contribution in [2.24, 2.45) is 4.99 Å². The lowest BCUT2D eigenvalue weighted by atomic mass is 10.3. The molecular formula is C16H35IN4O2. The number of halogens is 1. The molecule has 1 aliphatic heterocycles. The Morgan fingerprint density at radius 2 is 2.09 bits per heavy atom. The molecule has 23 heavy (non-hydrogen) atoms. The molecule has 0 bridgehead atoms. The van der Waals surface area contributed by atoms with Crippen LogP contribution < -0.4 is 10.6 Å². The second-order valence-corrected chi connectivity index (χ2v) is 5.66. The van der Waals surface area contributed by atoms with Gasteiger partial charge < -0.3 is 20.1 Å². The number of nitrogens with zero attached hydrogens (tertiary/aromatic N) is 2. The molecule has 2 N–H and O–H groups in total. The summed E-state index contributed by atoms with van der Waals surface area (Å²) in [6, 6.07) is 0.499. The molecule has 0 aliphatic carbocycles. The van der Waals surface area contributed by atoms with Gasteiger partial charge in [-0.15, -0.1) is 24.0 Å². The van der Waals surface area contributed by atoms with E-state index in [0.717, 1.165) is 64.8 Å². The Kier molecular flexibility index (Phi) is 14.2. The minimum atomic E-state index is 0. The van der Waals surface area contributed by atoms with Gasteiger partial charge in [0, 0.05) is 39.4 Å². The predicted octanol–water partition coefficient (Wildman–Crippen LogP) is 1.70. The number of nitrogens with one attached hydrogen (secondary N) is 2. The van der Waals surface area contributed by atoms with Gasteiger partial charge in [-0.1, -0.05) is 13.8 Å². The summed E-state index contributed by atoms with van der Waals surface area (Å²) in [7, 11) is 1.81. The van der Waals surface area contributed by atoms with Crippen LogP contribution in [-0.2, 0) is 9.47 Å². The SMILES string of the molecule is CCN(CC)C(C)CNC(=NC)NCCCOC1CCOC1.I. The summed E-state index contributed by atoms with van der Waals surface area (Å²) in [4.78, 5) is 6.69. The first-order valence-corrected chi connectivity index (χ1v) is 8.59. The van der Waals surface area contributed by atoms with Gasteiger partial charge in [0.2, 0.25) is 0 Å². The van der Waals surface area contributed by atoms with Gasteiger partial charge in [-0.2, -0.15) is 0 Å². The van der Waals surface area contributed by atoms with Crippen molar-refractivity contribution in [2.45, 2.75) is 45.8 Å². The second-order valence-electron chi connectivity index (χ2n) is 5.66. The van der Waals surface area contributed by atoms with Gasteiger partial charge in [0.15, 0.2) is 5.96 Å². The molecule has 6 nitrogen and oxygen atoms in total. The molecule has 0 aromatic carbocycles. The molecular weight excluding hydrogens is 407 g/mol. The van der Waals surface area contributed by atoms with Gasteiger partial charge in [-0.3, -0.25) is 9.89 Å². The fourth-order valence-electron chi connectivity index (χ4n) is 2.61. The fraction of sp³-hybridized carbons (Fsp3) is 0.938. The maximum absolute atomic E-state index is 5.75. The number of hydrogen-bond donors (Lipinski definition) is 2. The van der Waals surface area contributed by atoms with E-state index in [0.29, 0.717) is 12.1 Å². The Balaban J connectivity index is 0.00000484. The minimum absolute atomic E-state index is 0. The standard InChI is InChI=1S/C16H34N4O2.HI/c1-5-20(6-2)14(3)12-19-16(17-4)18-9-7-10-22-15-8-11-21-13-15;/h14-15H,5-13H2,1-4H3,(H2,17,18,19);1H. The van der Waals surface area contributed by atoms with E-state index in [1.54, 1.807) is 0 Å².